The topological polar surface area (TPSA) is 27.1 Å². The van der Waals surface area contributed by atoms with E-state index < -0.39 is 0 Å². The molecular formula is C25H38ClN2OY-. The zero-order valence-corrected chi connectivity index (χ0v) is 23.1. The third-order valence-corrected chi connectivity index (χ3v) is 3.70. The molecule has 0 atom stereocenters. The summed E-state index contributed by atoms with van der Waals surface area (Å²) in [6.07, 6.45) is 2.06. The number of hydrogen-bond acceptors (Lipinski definition) is 2. The van der Waals surface area contributed by atoms with Gasteiger partial charge in [0.25, 0.3) is 0 Å². The van der Waals surface area contributed by atoms with Crippen molar-refractivity contribution in [2.75, 3.05) is 0 Å². The monoisotopic (exact) mass is 506 g/mol. The molecular weight excluding hydrogens is 469 g/mol. The van der Waals surface area contributed by atoms with Crippen molar-refractivity contribution < 1.29 is 37.4 Å². The molecule has 165 valence electrons. The van der Waals surface area contributed by atoms with Gasteiger partial charge in [-0.2, -0.15) is 5.10 Å². The predicted molar refractivity (Wildman–Crippen MR) is 129 cm³/mol. The first-order valence-electron chi connectivity index (χ1n) is 10.1. The van der Waals surface area contributed by atoms with Gasteiger partial charge >= 0.3 is 0 Å². The van der Waals surface area contributed by atoms with Crippen LogP contribution in [0.3, 0.4) is 0 Å². The zero-order valence-electron chi connectivity index (χ0n) is 19.5. The van der Waals surface area contributed by atoms with Crippen LogP contribution in [0.4, 0.5) is 0 Å². The Morgan fingerprint density at radius 2 is 1.33 bits per heavy atom. The minimum atomic E-state index is 0. The van der Waals surface area contributed by atoms with Crippen molar-refractivity contribution in [2.45, 2.75) is 60.6 Å². The Kier molecular flexibility index (Phi) is 23.5. The number of hydrogen-bond donors (Lipinski definition) is 0. The number of halogens is 1. The van der Waals surface area contributed by atoms with E-state index in [2.05, 4.69) is 49.4 Å². The maximum Gasteiger partial charge on any atom is 0.212 e. The Bertz CT molecular complexity index is 733. The van der Waals surface area contributed by atoms with Crippen LogP contribution in [0.15, 0.2) is 66.7 Å². The van der Waals surface area contributed by atoms with Crippen LogP contribution in [-0.4, -0.2) is 9.78 Å². The van der Waals surface area contributed by atoms with Crippen LogP contribution in [0.25, 0.3) is 0 Å². The minimum Gasteiger partial charge on any atom is -0.473 e. The van der Waals surface area contributed by atoms with Gasteiger partial charge in [0, 0.05) is 38.8 Å². The van der Waals surface area contributed by atoms with Crippen LogP contribution in [0.1, 0.15) is 57.9 Å². The number of rotatable bonds is 7. The Morgan fingerprint density at radius 3 is 1.83 bits per heavy atom. The average Bonchev–Trinajstić information content (AvgIpc) is 3.12. The molecule has 0 unspecified atom stereocenters. The largest absolute Gasteiger partial charge is 0.473 e. The molecule has 3 nitrogen and oxygen atoms in total. The fraction of sp³-hybridized carbons (Fsp3) is 0.360. The van der Waals surface area contributed by atoms with Crippen LogP contribution in [0.2, 0.25) is 0 Å². The molecule has 2 aromatic carbocycles. The maximum atomic E-state index is 6.02. The van der Waals surface area contributed by atoms with E-state index in [0.717, 1.165) is 36.5 Å². The molecule has 1 aromatic heterocycles. The van der Waals surface area contributed by atoms with Gasteiger partial charge in [-0.25, -0.2) is 4.68 Å². The summed E-state index contributed by atoms with van der Waals surface area (Å²) in [6.45, 7) is 11.5. The second-order valence-electron chi connectivity index (χ2n) is 5.64. The van der Waals surface area contributed by atoms with Gasteiger partial charge in [0.05, 0.1) is 12.2 Å². The second-order valence-corrected chi connectivity index (χ2v) is 5.64. The summed E-state index contributed by atoms with van der Waals surface area (Å²) in [7, 11) is 0. The SMILES string of the molecule is CC.CC.CCCc1cc(OCc2ccccc2)n(Cc2ccccc2)n1.Cl.[CH3-].[Y]. The molecule has 0 spiro atoms. The fourth-order valence-electron chi connectivity index (χ4n) is 2.55. The van der Waals surface area contributed by atoms with Gasteiger partial charge in [0.1, 0.15) is 6.61 Å². The van der Waals surface area contributed by atoms with E-state index in [1.165, 1.54) is 5.56 Å². The first-order chi connectivity index (χ1) is 13.3. The third kappa shape index (κ3) is 11.9. The number of benzene rings is 2. The Hall–Kier alpha value is -1.16. The summed E-state index contributed by atoms with van der Waals surface area (Å²) in [4.78, 5) is 0. The van der Waals surface area contributed by atoms with E-state index in [0.29, 0.717) is 6.61 Å². The summed E-state index contributed by atoms with van der Waals surface area (Å²) in [5.74, 6) is 0.834. The van der Waals surface area contributed by atoms with Crippen molar-refractivity contribution in [3.05, 3.63) is 91.0 Å². The van der Waals surface area contributed by atoms with Crippen molar-refractivity contribution >= 4 is 12.4 Å². The third-order valence-electron chi connectivity index (χ3n) is 3.70. The quantitative estimate of drug-likeness (QED) is 0.312. The standard InChI is InChI=1S/C20H22N2O.2C2H6.CH3.ClH.Y/c1-2-9-19-14-20(23-16-18-12-7-4-8-13-18)22(21-19)15-17-10-5-3-6-11-17;2*1-2;;;/h3-8,10-14H,2,9,15-16H2,1H3;2*1-2H3;1H3;1H;/q;;;-1;;. The van der Waals surface area contributed by atoms with Crippen molar-refractivity contribution in [2.24, 2.45) is 0 Å². The van der Waals surface area contributed by atoms with Gasteiger partial charge in [0.2, 0.25) is 5.88 Å². The molecule has 3 rings (SSSR count). The first kappa shape index (κ1) is 33.5. The number of aryl methyl sites for hydroxylation is 1. The number of ether oxygens (including phenoxy) is 1. The van der Waals surface area contributed by atoms with Crippen LogP contribution in [-0.2, 0) is 52.3 Å². The number of aromatic nitrogens is 2. The summed E-state index contributed by atoms with van der Waals surface area (Å²) < 4.78 is 7.98. The van der Waals surface area contributed by atoms with Crippen molar-refractivity contribution in [3.63, 3.8) is 0 Å². The molecule has 0 amide bonds. The smallest absolute Gasteiger partial charge is 0.212 e. The van der Waals surface area contributed by atoms with E-state index >= 15 is 0 Å². The Morgan fingerprint density at radius 1 is 0.833 bits per heavy atom. The summed E-state index contributed by atoms with van der Waals surface area (Å²) >= 11 is 0. The fourth-order valence-corrected chi connectivity index (χ4v) is 2.55. The van der Waals surface area contributed by atoms with Gasteiger partial charge in [-0.3, -0.25) is 0 Å². The second kappa shape index (κ2) is 21.1. The van der Waals surface area contributed by atoms with E-state index in [9.17, 15) is 0 Å². The summed E-state index contributed by atoms with van der Waals surface area (Å²) in [6, 6.07) is 22.7. The van der Waals surface area contributed by atoms with Crippen LogP contribution < -0.4 is 4.74 Å². The van der Waals surface area contributed by atoms with Crippen molar-refractivity contribution in [3.8, 4) is 5.88 Å². The molecule has 0 saturated heterocycles. The zero-order chi connectivity index (χ0) is 19.9. The summed E-state index contributed by atoms with van der Waals surface area (Å²) in [5.41, 5.74) is 3.48. The Labute approximate surface area is 215 Å². The van der Waals surface area contributed by atoms with Crippen molar-refractivity contribution in [1.82, 2.24) is 9.78 Å². The van der Waals surface area contributed by atoms with Gasteiger partial charge in [-0.1, -0.05) is 102 Å². The molecule has 0 bridgehead atoms. The van der Waals surface area contributed by atoms with Gasteiger partial charge < -0.3 is 12.2 Å². The van der Waals surface area contributed by atoms with E-state index in [1.807, 2.05) is 56.6 Å². The van der Waals surface area contributed by atoms with Crippen LogP contribution in [0.5, 0.6) is 5.88 Å². The molecule has 0 N–H and O–H groups in total. The van der Waals surface area contributed by atoms with Gasteiger partial charge in [0.15, 0.2) is 0 Å². The Balaban J connectivity index is -0.000000984. The van der Waals surface area contributed by atoms with Crippen LogP contribution in [0, 0.1) is 7.43 Å². The predicted octanol–water partition coefficient (Wildman–Crippen LogP) is 7.38. The molecule has 5 heteroatoms. The average molecular weight is 507 g/mol. The minimum absolute atomic E-state index is 0. The van der Waals surface area contributed by atoms with E-state index in [4.69, 9.17) is 9.84 Å². The first-order valence-corrected chi connectivity index (χ1v) is 10.1. The van der Waals surface area contributed by atoms with Gasteiger partial charge in [-0.05, 0) is 17.5 Å². The normalized spacial score (nSPS) is 8.57. The van der Waals surface area contributed by atoms with Crippen molar-refractivity contribution in [1.29, 1.82) is 0 Å². The van der Waals surface area contributed by atoms with E-state index in [1.54, 1.807) is 0 Å². The molecule has 0 aliphatic heterocycles. The van der Waals surface area contributed by atoms with Crippen LogP contribution >= 0.6 is 12.4 Å². The molecule has 0 aliphatic rings. The molecule has 30 heavy (non-hydrogen) atoms. The molecule has 1 radical (unpaired) electrons. The van der Waals surface area contributed by atoms with Gasteiger partial charge in [-0.15, -0.1) is 12.4 Å². The molecule has 0 saturated carbocycles. The molecule has 0 aliphatic carbocycles. The molecule has 1 heterocycles. The molecule has 0 fully saturated rings. The summed E-state index contributed by atoms with van der Waals surface area (Å²) in [5, 5.41) is 4.70. The van der Waals surface area contributed by atoms with E-state index in [-0.39, 0.29) is 52.5 Å². The molecule has 3 aromatic rings. The maximum absolute atomic E-state index is 6.02. The number of nitrogens with zero attached hydrogens (tertiary/aromatic N) is 2.